The summed E-state index contributed by atoms with van der Waals surface area (Å²) >= 11 is 0. The third-order valence-electron chi connectivity index (χ3n) is 3.98. The number of carbonyl (C=O) groups is 1. The number of morpholine rings is 1. The minimum absolute atomic E-state index is 0.0443. The molecule has 1 aliphatic carbocycles. The largest absolute Gasteiger partial charge is 0.378 e. The topological polar surface area (TPSA) is 55.3 Å². The lowest BCUT2D eigenvalue weighted by atomic mass is 9.96. The van der Waals surface area contributed by atoms with E-state index >= 15 is 0 Å². The molecule has 5 heteroatoms. The third-order valence-corrected chi connectivity index (χ3v) is 3.98. The number of rotatable bonds is 1. The maximum Gasteiger partial charge on any atom is 0.204 e. The lowest BCUT2D eigenvalue weighted by molar-refractivity contribution is 0.104. The number of aryl methyl sites for hydroxylation is 1. The number of anilines is 1. The highest BCUT2D eigenvalue weighted by Gasteiger charge is 2.23. The summed E-state index contributed by atoms with van der Waals surface area (Å²) in [6.07, 6.45) is 3.49. The molecule has 2 aromatic rings. The Morgan fingerprint density at radius 2 is 1.95 bits per heavy atom. The van der Waals surface area contributed by atoms with Gasteiger partial charge in [-0.1, -0.05) is 0 Å². The van der Waals surface area contributed by atoms with E-state index in [1.54, 1.807) is 6.08 Å². The van der Waals surface area contributed by atoms with Crippen molar-refractivity contribution in [2.24, 2.45) is 0 Å². The van der Waals surface area contributed by atoms with E-state index in [0.717, 1.165) is 48.5 Å². The van der Waals surface area contributed by atoms with Crippen molar-refractivity contribution in [2.45, 2.75) is 6.92 Å². The predicted octanol–water partition coefficient (Wildman–Crippen LogP) is 1.98. The van der Waals surface area contributed by atoms with E-state index in [4.69, 9.17) is 4.74 Å². The molecule has 0 N–H and O–H groups in total. The highest BCUT2D eigenvalue weighted by atomic mass is 16.5. The fraction of sp³-hybridized carbons (Fsp3) is 0.312. The van der Waals surface area contributed by atoms with Crippen molar-refractivity contribution in [1.29, 1.82) is 0 Å². The first-order valence-corrected chi connectivity index (χ1v) is 7.10. The van der Waals surface area contributed by atoms with Crippen LogP contribution in [0.15, 0.2) is 18.2 Å². The molecule has 5 nitrogen and oxygen atoms in total. The normalized spacial score (nSPS) is 17.6. The van der Waals surface area contributed by atoms with Crippen LogP contribution in [0.1, 0.15) is 21.9 Å². The Bertz CT molecular complexity index is 777. The maximum absolute atomic E-state index is 12.1. The van der Waals surface area contributed by atoms with Gasteiger partial charge in [0.25, 0.3) is 0 Å². The molecule has 1 aromatic carbocycles. The second kappa shape index (κ2) is 4.63. The summed E-state index contributed by atoms with van der Waals surface area (Å²) in [7, 11) is 0. The number of ether oxygens (including phenoxy) is 1. The number of aromatic nitrogens is 2. The fourth-order valence-corrected chi connectivity index (χ4v) is 3.02. The van der Waals surface area contributed by atoms with E-state index in [1.807, 2.05) is 19.1 Å². The predicted molar refractivity (Wildman–Crippen MR) is 80.7 cm³/mol. The van der Waals surface area contributed by atoms with Gasteiger partial charge in [-0.15, -0.1) is 0 Å². The number of hydrogen-bond donors (Lipinski definition) is 0. The zero-order chi connectivity index (χ0) is 14.4. The van der Waals surface area contributed by atoms with Gasteiger partial charge < -0.3 is 9.64 Å². The van der Waals surface area contributed by atoms with Crippen LogP contribution in [0.3, 0.4) is 0 Å². The van der Waals surface area contributed by atoms with Crippen LogP contribution < -0.4 is 4.90 Å². The molecule has 0 atom stereocenters. The standard InChI is InChI=1S/C16H15N3O2/c1-10-17-12-3-4-13(19-6-8-21-9-7-19)11-2-5-14(20)16(18-10)15(11)12/h2-5H,6-9H2,1H3. The van der Waals surface area contributed by atoms with Gasteiger partial charge in [0.15, 0.2) is 0 Å². The number of nitrogens with zero attached hydrogens (tertiary/aromatic N) is 3. The molecule has 0 unspecified atom stereocenters. The number of benzene rings is 1. The van der Waals surface area contributed by atoms with Gasteiger partial charge in [0, 0.05) is 29.7 Å². The molecular weight excluding hydrogens is 266 g/mol. The second-order valence-corrected chi connectivity index (χ2v) is 5.31. The zero-order valence-electron chi connectivity index (χ0n) is 11.8. The van der Waals surface area contributed by atoms with Gasteiger partial charge in [0.2, 0.25) is 5.78 Å². The molecule has 0 spiro atoms. The average molecular weight is 281 g/mol. The van der Waals surface area contributed by atoms with Gasteiger partial charge >= 0.3 is 0 Å². The molecule has 2 heterocycles. The molecule has 4 rings (SSSR count). The van der Waals surface area contributed by atoms with Crippen LogP contribution in [-0.4, -0.2) is 42.1 Å². The summed E-state index contributed by atoms with van der Waals surface area (Å²) < 4.78 is 5.41. The van der Waals surface area contributed by atoms with E-state index in [9.17, 15) is 4.79 Å². The van der Waals surface area contributed by atoms with Crippen molar-refractivity contribution in [3.05, 3.63) is 35.3 Å². The van der Waals surface area contributed by atoms with Gasteiger partial charge in [-0.25, -0.2) is 9.97 Å². The first kappa shape index (κ1) is 12.5. The molecule has 0 radical (unpaired) electrons. The Kier molecular flexibility index (Phi) is 2.75. The summed E-state index contributed by atoms with van der Waals surface area (Å²) in [5, 5.41) is 0.872. The minimum Gasteiger partial charge on any atom is -0.378 e. The molecule has 0 saturated carbocycles. The molecule has 0 bridgehead atoms. The number of allylic oxidation sites excluding steroid dienone is 1. The smallest absolute Gasteiger partial charge is 0.204 e. The average Bonchev–Trinajstić information content (AvgIpc) is 2.51. The number of carbonyl (C=O) groups excluding carboxylic acids is 1. The minimum atomic E-state index is -0.0443. The van der Waals surface area contributed by atoms with E-state index in [1.165, 1.54) is 0 Å². The van der Waals surface area contributed by atoms with Crippen LogP contribution in [0.5, 0.6) is 0 Å². The Balaban J connectivity index is 1.98. The quantitative estimate of drug-likeness (QED) is 0.800. The van der Waals surface area contributed by atoms with Crippen molar-refractivity contribution in [3.8, 4) is 0 Å². The summed E-state index contributed by atoms with van der Waals surface area (Å²) in [4.78, 5) is 23.2. The highest BCUT2D eigenvalue weighted by Crippen LogP contribution is 2.34. The summed E-state index contributed by atoms with van der Waals surface area (Å²) in [6, 6.07) is 4.06. The monoisotopic (exact) mass is 281 g/mol. The van der Waals surface area contributed by atoms with Crippen LogP contribution in [-0.2, 0) is 4.74 Å². The van der Waals surface area contributed by atoms with Crippen molar-refractivity contribution < 1.29 is 9.53 Å². The molecule has 21 heavy (non-hydrogen) atoms. The van der Waals surface area contributed by atoms with E-state index in [0.29, 0.717) is 11.5 Å². The van der Waals surface area contributed by atoms with Gasteiger partial charge in [0.05, 0.1) is 18.7 Å². The van der Waals surface area contributed by atoms with Crippen molar-refractivity contribution in [2.75, 3.05) is 31.2 Å². The van der Waals surface area contributed by atoms with Crippen LogP contribution in [0.4, 0.5) is 5.69 Å². The SMILES string of the molecule is Cc1nc2c3c(c(N4CCOCC4)ccc3n1)C=CC2=O. The number of ketones is 1. The van der Waals surface area contributed by atoms with Gasteiger partial charge in [0.1, 0.15) is 11.5 Å². The van der Waals surface area contributed by atoms with Crippen LogP contribution >= 0.6 is 0 Å². The lowest BCUT2D eigenvalue weighted by Gasteiger charge is -2.31. The van der Waals surface area contributed by atoms with Crippen LogP contribution in [0.2, 0.25) is 0 Å². The second-order valence-electron chi connectivity index (χ2n) is 5.31. The zero-order valence-corrected chi connectivity index (χ0v) is 11.8. The molecule has 2 aliphatic rings. The molecular formula is C16H15N3O2. The van der Waals surface area contributed by atoms with E-state index in [2.05, 4.69) is 20.9 Å². The molecule has 1 saturated heterocycles. The first-order valence-electron chi connectivity index (χ1n) is 7.10. The molecule has 106 valence electrons. The van der Waals surface area contributed by atoms with Crippen molar-refractivity contribution >= 4 is 28.4 Å². The summed E-state index contributed by atoms with van der Waals surface area (Å²) in [5.74, 6) is 0.586. The fourth-order valence-electron chi connectivity index (χ4n) is 3.02. The summed E-state index contributed by atoms with van der Waals surface area (Å²) in [6.45, 7) is 5.01. The Hall–Kier alpha value is -2.27. The van der Waals surface area contributed by atoms with Gasteiger partial charge in [-0.05, 0) is 31.2 Å². The Morgan fingerprint density at radius 3 is 2.76 bits per heavy atom. The molecule has 1 aliphatic heterocycles. The van der Waals surface area contributed by atoms with Gasteiger partial charge in [-0.2, -0.15) is 0 Å². The molecule has 0 amide bonds. The van der Waals surface area contributed by atoms with Gasteiger partial charge in [-0.3, -0.25) is 4.79 Å². The van der Waals surface area contributed by atoms with E-state index in [-0.39, 0.29) is 5.78 Å². The highest BCUT2D eigenvalue weighted by molar-refractivity contribution is 6.19. The van der Waals surface area contributed by atoms with E-state index < -0.39 is 0 Å². The third kappa shape index (κ3) is 1.93. The first-order chi connectivity index (χ1) is 10.2. The Labute approximate surface area is 122 Å². The van der Waals surface area contributed by atoms with Crippen LogP contribution in [0.25, 0.3) is 17.0 Å². The van der Waals surface area contributed by atoms with Crippen molar-refractivity contribution in [1.82, 2.24) is 9.97 Å². The number of hydrogen-bond acceptors (Lipinski definition) is 5. The molecule has 1 aromatic heterocycles. The maximum atomic E-state index is 12.1. The van der Waals surface area contributed by atoms with Crippen molar-refractivity contribution in [3.63, 3.8) is 0 Å². The Morgan fingerprint density at radius 1 is 1.14 bits per heavy atom. The summed E-state index contributed by atoms with van der Waals surface area (Å²) in [5.41, 5.74) is 3.53. The lowest BCUT2D eigenvalue weighted by Crippen LogP contribution is -2.36. The molecule has 1 fully saturated rings. The van der Waals surface area contributed by atoms with Crippen LogP contribution in [0, 0.1) is 6.92 Å².